The van der Waals surface area contributed by atoms with Gasteiger partial charge in [-0.25, -0.2) is 13.6 Å². The first-order valence-electron chi connectivity index (χ1n) is 13.2. The van der Waals surface area contributed by atoms with Crippen molar-refractivity contribution >= 4 is 12.0 Å². The van der Waals surface area contributed by atoms with Crippen molar-refractivity contribution in [2.24, 2.45) is 18.0 Å². The van der Waals surface area contributed by atoms with Gasteiger partial charge in [-0.15, -0.1) is 4.99 Å². The van der Waals surface area contributed by atoms with Crippen LogP contribution in [0.5, 0.6) is 0 Å². The summed E-state index contributed by atoms with van der Waals surface area (Å²) in [5, 5.41) is 12.0. The first-order chi connectivity index (χ1) is 20.3. The van der Waals surface area contributed by atoms with Crippen molar-refractivity contribution in [1.82, 2.24) is 19.4 Å². The summed E-state index contributed by atoms with van der Waals surface area (Å²) < 4.78 is 74.7. The van der Waals surface area contributed by atoms with E-state index in [0.29, 0.717) is 5.69 Å². The Kier molecular flexibility index (Phi) is 7.91. The fourth-order valence-corrected chi connectivity index (χ4v) is 5.00. The molecular weight excluding hydrogens is 573 g/mol. The number of carbonyl (C=O) groups is 2. The molecule has 2 aromatic carbocycles. The Balaban J connectivity index is 1.65. The molecule has 43 heavy (non-hydrogen) atoms. The summed E-state index contributed by atoms with van der Waals surface area (Å²) in [6, 6.07) is 7.21. The zero-order chi connectivity index (χ0) is 31.1. The smallest absolute Gasteiger partial charge is 0.434 e. The highest BCUT2D eigenvalue weighted by Gasteiger charge is 2.37. The van der Waals surface area contributed by atoms with Crippen LogP contribution in [0.15, 0.2) is 66.0 Å². The number of aromatic nitrogens is 3. The summed E-state index contributed by atoms with van der Waals surface area (Å²) in [6.45, 7) is 1.69. The summed E-state index contributed by atoms with van der Waals surface area (Å²) in [5.41, 5.74) is -1.53. The molecule has 8 nitrogen and oxygen atoms in total. The third-order valence-electron chi connectivity index (χ3n) is 7.18. The number of halogens is 5. The molecule has 2 amide bonds. The van der Waals surface area contributed by atoms with Crippen LogP contribution in [0, 0.1) is 24.5 Å². The molecule has 2 heterocycles. The standard InChI is InChI=1S/C30H26F5N5O3/c1-16-7-8-36-24(11-16)26(18-3-4-18)37-27(41)22-13-17(15-40-10-9-39(2)28(40)38-29(42)43)12-21(25(22)32)20-6-5-19(31)14-23(20)30(33,34)35/h5-14,18,26H,3-4,15H2,1-2H3,(H,37,41)(H,42,43)/t26-/m0/s1. The largest absolute Gasteiger partial charge is 0.463 e. The van der Waals surface area contributed by atoms with Gasteiger partial charge in [0.15, 0.2) is 0 Å². The Morgan fingerprint density at radius 3 is 2.49 bits per heavy atom. The lowest BCUT2D eigenvalue weighted by Gasteiger charge is -2.20. The Morgan fingerprint density at radius 1 is 1.09 bits per heavy atom. The van der Waals surface area contributed by atoms with E-state index in [1.165, 1.54) is 27.6 Å². The molecule has 1 saturated carbocycles. The predicted molar refractivity (Wildman–Crippen MR) is 145 cm³/mol. The number of carboxylic acid groups (broad SMARTS) is 1. The maximum absolute atomic E-state index is 16.1. The molecule has 0 saturated heterocycles. The van der Waals surface area contributed by atoms with E-state index < -0.39 is 58.1 Å². The van der Waals surface area contributed by atoms with E-state index in [4.69, 9.17) is 0 Å². The van der Waals surface area contributed by atoms with Gasteiger partial charge in [0, 0.05) is 31.2 Å². The van der Waals surface area contributed by atoms with Crippen molar-refractivity contribution in [2.45, 2.75) is 38.5 Å². The molecule has 5 rings (SSSR count). The average molecular weight is 600 g/mol. The summed E-state index contributed by atoms with van der Waals surface area (Å²) in [5.74, 6) is -3.20. The van der Waals surface area contributed by atoms with Crippen LogP contribution in [0.2, 0.25) is 0 Å². The van der Waals surface area contributed by atoms with Gasteiger partial charge in [-0.05, 0) is 78.8 Å². The maximum atomic E-state index is 16.1. The molecule has 13 heteroatoms. The number of benzene rings is 2. The predicted octanol–water partition coefficient (Wildman–Crippen LogP) is 6.00. The molecule has 2 aromatic heterocycles. The normalized spacial score (nSPS) is 14.5. The van der Waals surface area contributed by atoms with Crippen molar-refractivity contribution < 1.29 is 36.6 Å². The number of hydrogen-bond acceptors (Lipinski definition) is 3. The van der Waals surface area contributed by atoms with Gasteiger partial charge in [-0.1, -0.05) is 6.07 Å². The van der Waals surface area contributed by atoms with Crippen LogP contribution >= 0.6 is 0 Å². The number of carbonyl (C=O) groups excluding carboxylic acids is 1. The summed E-state index contributed by atoms with van der Waals surface area (Å²) in [7, 11) is 1.54. The van der Waals surface area contributed by atoms with E-state index >= 15 is 4.39 Å². The van der Waals surface area contributed by atoms with Gasteiger partial charge < -0.3 is 19.6 Å². The molecular formula is C30H26F5N5O3. The summed E-state index contributed by atoms with van der Waals surface area (Å²) in [6.07, 6.45) is -0.314. The topological polar surface area (TPSA) is 102 Å². The molecule has 0 unspecified atom stereocenters. The molecule has 224 valence electrons. The number of nitrogens with zero attached hydrogens (tertiary/aromatic N) is 4. The first-order valence-corrected chi connectivity index (χ1v) is 13.2. The van der Waals surface area contributed by atoms with E-state index in [0.717, 1.165) is 36.6 Å². The van der Waals surface area contributed by atoms with E-state index in [1.54, 1.807) is 25.4 Å². The zero-order valence-electron chi connectivity index (χ0n) is 23.0. The lowest BCUT2D eigenvalue weighted by molar-refractivity contribution is -0.137. The highest BCUT2D eigenvalue weighted by Crippen LogP contribution is 2.42. The van der Waals surface area contributed by atoms with Crippen molar-refractivity contribution in [3.63, 3.8) is 0 Å². The van der Waals surface area contributed by atoms with Crippen LogP contribution in [-0.4, -0.2) is 31.2 Å². The number of hydrogen-bond donors (Lipinski definition) is 2. The van der Waals surface area contributed by atoms with Crippen LogP contribution in [0.3, 0.4) is 0 Å². The molecule has 0 aliphatic heterocycles. The van der Waals surface area contributed by atoms with Gasteiger partial charge in [-0.2, -0.15) is 13.2 Å². The quantitative estimate of drug-likeness (QED) is 0.255. The number of aryl methyl sites for hydroxylation is 2. The second-order valence-electron chi connectivity index (χ2n) is 10.5. The number of imidazole rings is 1. The molecule has 1 atom stereocenters. The molecule has 2 N–H and O–H groups in total. The molecule has 0 bridgehead atoms. The van der Waals surface area contributed by atoms with Crippen molar-refractivity contribution in [2.75, 3.05) is 0 Å². The Morgan fingerprint density at radius 2 is 1.84 bits per heavy atom. The molecule has 0 spiro atoms. The van der Waals surface area contributed by atoms with E-state index in [1.807, 2.05) is 6.92 Å². The number of alkyl halides is 3. The van der Waals surface area contributed by atoms with Crippen LogP contribution in [0.1, 0.15) is 51.6 Å². The number of amides is 2. The minimum absolute atomic E-state index is 0.0125. The third-order valence-corrected chi connectivity index (χ3v) is 7.18. The Hall–Kier alpha value is -4.81. The van der Waals surface area contributed by atoms with E-state index in [2.05, 4.69) is 15.3 Å². The molecule has 1 fully saturated rings. The Bertz CT molecular complexity index is 1790. The lowest BCUT2D eigenvalue weighted by Crippen LogP contribution is -2.31. The fraction of sp³-hybridized carbons (Fsp3) is 0.267. The van der Waals surface area contributed by atoms with Gasteiger partial charge in [0.2, 0.25) is 5.62 Å². The van der Waals surface area contributed by atoms with Gasteiger partial charge in [0.1, 0.15) is 11.6 Å². The lowest BCUT2D eigenvalue weighted by atomic mass is 9.94. The highest BCUT2D eigenvalue weighted by molar-refractivity contribution is 5.96. The minimum atomic E-state index is -5.03. The summed E-state index contributed by atoms with van der Waals surface area (Å²) >= 11 is 0. The zero-order valence-corrected chi connectivity index (χ0v) is 23.0. The van der Waals surface area contributed by atoms with Gasteiger partial charge in [-0.3, -0.25) is 9.78 Å². The highest BCUT2D eigenvalue weighted by atomic mass is 19.4. The SMILES string of the molecule is Cc1ccnc([C@@H](NC(=O)c2cc(Cn3ccn(C)c3=NC(=O)O)cc(-c3ccc(F)cc3C(F)(F)F)c2F)C2CC2)c1. The molecule has 0 radical (unpaired) electrons. The third kappa shape index (κ3) is 6.50. The maximum Gasteiger partial charge on any atom is 0.434 e. The Labute approximate surface area is 242 Å². The average Bonchev–Trinajstić information content (AvgIpc) is 3.72. The number of nitrogens with one attached hydrogen (secondary N) is 1. The minimum Gasteiger partial charge on any atom is -0.463 e. The summed E-state index contributed by atoms with van der Waals surface area (Å²) in [4.78, 5) is 32.8. The second-order valence-corrected chi connectivity index (χ2v) is 10.5. The van der Waals surface area contributed by atoms with Gasteiger partial charge in [0.05, 0.1) is 29.4 Å². The fourth-order valence-electron chi connectivity index (χ4n) is 5.00. The van der Waals surface area contributed by atoms with Crippen LogP contribution < -0.4 is 10.9 Å². The van der Waals surface area contributed by atoms with Crippen LogP contribution in [0.25, 0.3) is 11.1 Å². The number of pyridine rings is 1. The monoisotopic (exact) mass is 599 g/mol. The van der Waals surface area contributed by atoms with Crippen LogP contribution in [0.4, 0.5) is 26.7 Å². The van der Waals surface area contributed by atoms with E-state index in [-0.39, 0.29) is 29.7 Å². The van der Waals surface area contributed by atoms with Gasteiger partial charge >= 0.3 is 12.3 Å². The first kappa shape index (κ1) is 29.7. The van der Waals surface area contributed by atoms with E-state index in [9.17, 15) is 32.3 Å². The molecule has 1 aliphatic rings. The van der Waals surface area contributed by atoms with Gasteiger partial charge in [0.25, 0.3) is 5.91 Å². The van der Waals surface area contributed by atoms with Crippen molar-refractivity contribution in [3.8, 4) is 11.1 Å². The second kappa shape index (κ2) is 11.5. The molecule has 4 aromatic rings. The number of rotatable bonds is 7. The molecule has 1 aliphatic carbocycles. The van der Waals surface area contributed by atoms with Crippen LogP contribution in [-0.2, 0) is 19.8 Å². The van der Waals surface area contributed by atoms with Crippen molar-refractivity contribution in [1.29, 1.82) is 0 Å². The van der Waals surface area contributed by atoms with Crippen molar-refractivity contribution in [3.05, 3.63) is 106 Å².